The van der Waals surface area contributed by atoms with Gasteiger partial charge in [-0.1, -0.05) is 12.1 Å². The minimum atomic E-state index is -3.13. The molecule has 1 aromatic rings. The molecule has 0 atom stereocenters. The molecule has 1 rings (SSSR count). The Balaban J connectivity index is 2.57. The summed E-state index contributed by atoms with van der Waals surface area (Å²) in [7, 11) is -3.13. The molecule has 0 unspecified atom stereocenters. The van der Waals surface area contributed by atoms with Gasteiger partial charge in [-0.15, -0.1) is 0 Å². The van der Waals surface area contributed by atoms with Crippen LogP contribution in [0, 0.1) is 0 Å². The highest BCUT2D eigenvalue weighted by atomic mass is 32.2. The highest BCUT2D eigenvalue weighted by Gasteiger charge is 2.05. The quantitative estimate of drug-likeness (QED) is 0.847. The lowest BCUT2D eigenvalue weighted by Crippen LogP contribution is -2.24. The molecule has 0 aliphatic heterocycles. The predicted octanol–water partition coefficient (Wildman–Crippen LogP) is 1.91. The van der Waals surface area contributed by atoms with E-state index in [1.54, 1.807) is 6.92 Å². The van der Waals surface area contributed by atoms with Crippen molar-refractivity contribution in [1.82, 2.24) is 4.72 Å². The Hall–Kier alpha value is -1.07. The molecule has 1 aromatic carbocycles. The second kappa shape index (κ2) is 6.02. The van der Waals surface area contributed by atoms with Gasteiger partial charge in [0.25, 0.3) is 0 Å². The third-order valence-electron chi connectivity index (χ3n) is 2.17. The minimum Gasteiger partial charge on any atom is -0.491 e. The molecular weight excluding hydrogens is 238 g/mol. The summed E-state index contributed by atoms with van der Waals surface area (Å²) in [4.78, 5) is 0. The maximum Gasteiger partial charge on any atom is 0.211 e. The first-order valence-corrected chi connectivity index (χ1v) is 7.31. The second-order valence-corrected chi connectivity index (χ2v) is 6.13. The summed E-state index contributed by atoms with van der Waals surface area (Å²) >= 11 is 0. The lowest BCUT2D eigenvalue weighted by Gasteiger charge is -2.10. The van der Waals surface area contributed by atoms with Crippen LogP contribution in [0.25, 0.3) is 0 Å². The van der Waals surface area contributed by atoms with E-state index >= 15 is 0 Å². The molecule has 0 aliphatic carbocycles. The number of ether oxygens (including phenoxy) is 1. The van der Waals surface area contributed by atoms with Gasteiger partial charge in [-0.25, -0.2) is 13.1 Å². The molecule has 0 saturated carbocycles. The molecular formula is C12H19NO3S. The number of hydrogen-bond acceptors (Lipinski definition) is 3. The van der Waals surface area contributed by atoms with Crippen LogP contribution in [0.4, 0.5) is 0 Å². The molecule has 4 nitrogen and oxygen atoms in total. The molecule has 0 spiro atoms. The van der Waals surface area contributed by atoms with Gasteiger partial charge in [0.05, 0.1) is 11.9 Å². The first-order chi connectivity index (χ1) is 7.93. The molecule has 0 bridgehead atoms. The standard InChI is InChI=1S/C12H19NO3S/c1-4-17(14,15)13-9-11-5-7-12(8-6-11)16-10(2)3/h5-8,10,13H,4,9H2,1-3H3. The van der Waals surface area contributed by atoms with E-state index in [0.29, 0.717) is 6.54 Å². The molecule has 0 fully saturated rings. The second-order valence-electron chi connectivity index (χ2n) is 4.04. The monoisotopic (exact) mass is 257 g/mol. The lowest BCUT2D eigenvalue weighted by atomic mass is 10.2. The number of hydrogen-bond donors (Lipinski definition) is 1. The third kappa shape index (κ3) is 5.19. The van der Waals surface area contributed by atoms with Gasteiger partial charge in [-0.2, -0.15) is 0 Å². The van der Waals surface area contributed by atoms with E-state index in [0.717, 1.165) is 11.3 Å². The van der Waals surface area contributed by atoms with Crippen molar-refractivity contribution in [1.29, 1.82) is 0 Å². The van der Waals surface area contributed by atoms with Crippen LogP contribution in [0.15, 0.2) is 24.3 Å². The summed E-state index contributed by atoms with van der Waals surface area (Å²) in [5, 5.41) is 0. The lowest BCUT2D eigenvalue weighted by molar-refractivity contribution is 0.242. The van der Waals surface area contributed by atoms with E-state index in [2.05, 4.69) is 4.72 Å². The summed E-state index contributed by atoms with van der Waals surface area (Å²) in [5.74, 6) is 0.892. The Morgan fingerprint density at radius 3 is 2.29 bits per heavy atom. The SMILES string of the molecule is CCS(=O)(=O)NCc1ccc(OC(C)C)cc1. The van der Waals surface area contributed by atoms with E-state index in [4.69, 9.17) is 4.74 Å². The van der Waals surface area contributed by atoms with Crippen LogP contribution in [0.1, 0.15) is 26.3 Å². The highest BCUT2D eigenvalue weighted by Crippen LogP contribution is 2.13. The molecule has 96 valence electrons. The molecule has 0 amide bonds. The van der Waals surface area contributed by atoms with Crippen molar-refractivity contribution in [2.45, 2.75) is 33.4 Å². The van der Waals surface area contributed by atoms with E-state index in [1.807, 2.05) is 38.1 Å². The Morgan fingerprint density at radius 2 is 1.82 bits per heavy atom. The number of rotatable bonds is 6. The minimum absolute atomic E-state index is 0.0988. The normalized spacial score (nSPS) is 11.8. The maximum atomic E-state index is 11.2. The molecule has 0 aromatic heterocycles. The maximum absolute atomic E-state index is 11.2. The van der Waals surface area contributed by atoms with Crippen LogP contribution in [-0.4, -0.2) is 20.3 Å². The van der Waals surface area contributed by atoms with Gasteiger partial charge in [0.1, 0.15) is 5.75 Å². The third-order valence-corrected chi connectivity index (χ3v) is 3.52. The van der Waals surface area contributed by atoms with Crippen molar-refractivity contribution >= 4 is 10.0 Å². The van der Waals surface area contributed by atoms with Crippen LogP contribution in [0.2, 0.25) is 0 Å². The zero-order valence-corrected chi connectivity index (χ0v) is 11.3. The zero-order valence-electron chi connectivity index (χ0n) is 10.4. The van der Waals surface area contributed by atoms with Crippen LogP contribution < -0.4 is 9.46 Å². The van der Waals surface area contributed by atoms with Gasteiger partial charge in [0, 0.05) is 6.54 Å². The fourth-order valence-electron chi connectivity index (χ4n) is 1.25. The van der Waals surface area contributed by atoms with Gasteiger partial charge >= 0.3 is 0 Å². The van der Waals surface area contributed by atoms with E-state index in [-0.39, 0.29) is 11.9 Å². The average Bonchev–Trinajstić information content (AvgIpc) is 2.28. The molecule has 0 saturated heterocycles. The summed E-state index contributed by atoms with van der Waals surface area (Å²) in [6, 6.07) is 7.40. The van der Waals surface area contributed by atoms with Gasteiger partial charge in [-0.3, -0.25) is 0 Å². The van der Waals surface area contributed by atoms with Crippen LogP contribution in [0.5, 0.6) is 5.75 Å². The van der Waals surface area contributed by atoms with Crippen molar-refractivity contribution in [2.75, 3.05) is 5.75 Å². The number of benzene rings is 1. The van der Waals surface area contributed by atoms with Crippen molar-refractivity contribution in [3.63, 3.8) is 0 Å². The Bertz CT molecular complexity index is 437. The van der Waals surface area contributed by atoms with E-state index in [9.17, 15) is 8.42 Å². The summed E-state index contributed by atoms with van der Waals surface area (Å²) in [5.41, 5.74) is 0.915. The van der Waals surface area contributed by atoms with Crippen molar-refractivity contribution in [3.05, 3.63) is 29.8 Å². The Labute approximate surface area is 103 Å². The van der Waals surface area contributed by atoms with E-state index < -0.39 is 10.0 Å². The fraction of sp³-hybridized carbons (Fsp3) is 0.500. The summed E-state index contributed by atoms with van der Waals surface area (Å²) in [6.07, 6.45) is 0.138. The van der Waals surface area contributed by atoms with Gasteiger partial charge in [0.2, 0.25) is 10.0 Å². The first-order valence-electron chi connectivity index (χ1n) is 5.66. The predicted molar refractivity (Wildman–Crippen MR) is 68.5 cm³/mol. The molecule has 5 heteroatoms. The van der Waals surface area contributed by atoms with Crippen molar-refractivity contribution in [2.24, 2.45) is 0 Å². The Kier molecular flexibility index (Phi) is 4.96. The summed E-state index contributed by atoms with van der Waals surface area (Å²) in [6.45, 7) is 5.85. The largest absolute Gasteiger partial charge is 0.491 e. The molecule has 17 heavy (non-hydrogen) atoms. The van der Waals surface area contributed by atoms with Gasteiger partial charge < -0.3 is 4.74 Å². The van der Waals surface area contributed by atoms with Crippen LogP contribution in [-0.2, 0) is 16.6 Å². The number of nitrogens with one attached hydrogen (secondary N) is 1. The van der Waals surface area contributed by atoms with Crippen molar-refractivity contribution in [3.8, 4) is 5.75 Å². The highest BCUT2D eigenvalue weighted by molar-refractivity contribution is 7.89. The Morgan fingerprint density at radius 1 is 1.24 bits per heavy atom. The van der Waals surface area contributed by atoms with Crippen LogP contribution >= 0.6 is 0 Å². The van der Waals surface area contributed by atoms with Crippen molar-refractivity contribution < 1.29 is 13.2 Å². The number of sulfonamides is 1. The topological polar surface area (TPSA) is 55.4 Å². The van der Waals surface area contributed by atoms with Crippen LogP contribution in [0.3, 0.4) is 0 Å². The van der Waals surface area contributed by atoms with E-state index in [1.165, 1.54) is 0 Å². The zero-order chi connectivity index (χ0) is 12.9. The molecule has 0 aliphatic rings. The molecule has 0 heterocycles. The average molecular weight is 257 g/mol. The summed E-state index contributed by atoms with van der Waals surface area (Å²) < 4.78 is 30.5. The first kappa shape index (κ1) is 14.0. The smallest absolute Gasteiger partial charge is 0.211 e. The fourth-order valence-corrected chi connectivity index (χ4v) is 1.84. The molecule has 1 N–H and O–H groups in total. The van der Waals surface area contributed by atoms with Gasteiger partial charge in [-0.05, 0) is 38.5 Å². The molecule has 0 radical (unpaired) electrons. The van der Waals surface area contributed by atoms with Gasteiger partial charge in [0.15, 0.2) is 0 Å².